The number of hydrogen-bond donors (Lipinski definition) is 2. The van der Waals surface area contributed by atoms with Crippen molar-refractivity contribution in [2.45, 2.75) is 6.42 Å². The van der Waals surface area contributed by atoms with Gasteiger partial charge in [0, 0.05) is 12.0 Å². The summed E-state index contributed by atoms with van der Waals surface area (Å²) in [5.41, 5.74) is 13.5. The molecule has 0 amide bonds. The van der Waals surface area contributed by atoms with Gasteiger partial charge in [-0.15, -0.1) is 0 Å². The van der Waals surface area contributed by atoms with E-state index in [1.807, 2.05) is 25.4 Å². The summed E-state index contributed by atoms with van der Waals surface area (Å²) < 4.78 is 17.7. The number of halogens is 1. The Bertz CT molecular complexity index is 670. The molecule has 0 saturated heterocycles. The minimum absolute atomic E-state index is 0. The molecular weight excluding hydrogens is 411 g/mol. The summed E-state index contributed by atoms with van der Waals surface area (Å²) in [5, 5.41) is 0. The van der Waals surface area contributed by atoms with Crippen molar-refractivity contribution < 1.29 is 42.8 Å². The fourth-order valence-electron chi connectivity index (χ4n) is 2.23. The van der Waals surface area contributed by atoms with Crippen LogP contribution >= 0.6 is 0 Å². The fourth-order valence-corrected chi connectivity index (χ4v) is 2.23. The number of benzene rings is 1. The molecule has 2 aromatic rings. The van der Waals surface area contributed by atoms with Crippen LogP contribution in [0.3, 0.4) is 0 Å². The molecule has 0 aliphatic carbocycles. The largest absolute Gasteiger partial charge is 1.00 e. The van der Waals surface area contributed by atoms with Crippen molar-refractivity contribution in [2.75, 3.05) is 32.8 Å². The van der Waals surface area contributed by atoms with Gasteiger partial charge in [-0.3, -0.25) is 5.73 Å². The molecule has 0 aliphatic heterocycles. The van der Waals surface area contributed by atoms with Crippen LogP contribution in [0, 0.1) is 0 Å². The molecule has 0 fully saturated rings. The molecule has 1 aromatic heterocycles. The Morgan fingerprint density at radius 3 is 2.09 bits per heavy atom. The lowest BCUT2D eigenvalue weighted by molar-refractivity contribution is -0.659. The maximum atomic E-state index is 5.94. The van der Waals surface area contributed by atoms with Crippen LogP contribution in [0.25, 0.3) is 0 Å². The third-order valence-electron chi connectivity index (χ3n) is 3.39. The highest BCUT2D eigenvalue weighted by Gasteiger charge is 2.16. The number of rotatable bonds is 5. The highest BCUT2D eigenvalue weighted by Crippen LogP contribution is 2.38. The van der Waals surface area contributed by atoms with Crippen molar-refractivity contribution in [1.29, 1.82) is 0 Å². The van der Waals surface area contributed by atoms with E-state index in [0.717, 1.165) is 11.1 Å². The van der Waals surface area contributed by atoms with Crippen molar-refractivity contribution in [2.24, 2.45) is 7.05 Å². The van der Waals surface area contributed by atoms with E-state index in [1.54, 1.807) is 25.9 Å². The van der Waals surface area contributed by atoms with Crippen LogP contribution in [-0.4, -0.2) is 26.3 Å². The average molecular weight is 432 g/mol. The number of nitrogens with two attached hydrogens (primary N) is 2. The first-order valence-corrected chi connectivity index (χ1v) is 6.69. The molecule has 0 saturated carbocycles. The summed E-state index contributed by atoms with van der Waals surface area (Å²) in [4.78, 5) is 4.12. The third-order valence-corrected chi connectivity index (χ3v) is 3.39. The van der Waals surface area contributed by atoms with Crippen LogP contribution in [0.1, 0.15) is 11.1 Å². The first-order chi connectivity index (χ1) is 10.5. The second-order valence-electron chi connectivity index (χ2n) is 4.83. The van der Waals surface area contributed by atoms with E-state index in [0.29, 0.717) is 35.4 Å². The van der Waals surface area contributed by atoms with Crippen LogP contribution in [0.15, 0.2) is 18.3 Å². The van der Waals surface area contributed by atoms with Crippen LogP contribution in [-0.2, 0) is 13.5 Å². The van der Waals surface area contributed by atoms with E-state index in [2.05, 4.69) is 4.98 Å². The second-order valence-corrected chi connectivity index (χ2v) is 4.83. The van der Waals surface area contributed by atoms with Crippen molar-refractivity contribution in [3.8, 4) is 17.2 Å². The monoisotopic (exact) mass is 432 g/mol. The number of aryl methyl sites for hydroxylation is 1. The highest BCUT2D eigenvalue weighted by molar-refractivity contribution is 5.55. The zero-order valence-electron chi connectivity index (χ0n) is 13.6. The molecule has 8 heteroatoms. The molecule has 2 rings (SSSR count). The van der Waals surface area contributed by atoms with Gasteiger partial charge in [-0.05, 0) is 17.7 Å². The van der Waals surface area contributed by atoms with Gasteiger partial charge in [0.05, 0.1) is 34.6 Å². The van der Waals surface area contributed by atoms with Crippen LogP contribution in [0.5, 0.6) is 17.2 Å². The first kappa shape index (κ1) is 19.1. The quantitative estimate of drug-likeness (QED) is 0.408. The number of hydrogen-bond acceptors (Lipinski definition) is 6. The molecule has 1 heterocycles. The van der Waals surface area contributed by atoms with Gasteiger partial charge in [0.25, 0.3) is 0 Å². The molecule has 126 valence electrons. The topological polar surface area (TPSA) is 96.5 Å². The zero-order valence-corrected chi connectivity index (χ0v) is 15.7. The van der Waals surface area contributed by atoms with Crippen molar-refractivity contribution in [3.05, 3.63) is 29.5 Å². The van der Waals surface area contributed by atoms with E-state index in [9.17, 15) is 0 Å². The molecular formula is C15H21IN4O3. The Hall–Kier alpha value is -1.97. The second kappa shape index (κ2) is 8.04. The predicted octanol–water partition coefficient (Wildman–Crippen LogP) is -2.31. The summed E-state index contributed by atoms with van der Waals surface area (Å²) in [7, 11) is 6.56. The van der Waals surface area contributed by atoms with Gasteiger partial charge in [0.2, 0.25) is 11.6 Å². The smallest absolute Gasteiger partial charge is 0.391 e. The molecule has 0 spiro atoms. The van der Waals surface area contributed by atoms with Gasteiger partial charge < -0.3 is 43.9 Å². The zero-order chi connectivity index (χ0) is 16.3. The fraction of sp³-hybridized carbons (Fsp3) is 0.333. The number of aromatic nitrogens is 2. The Labute approximate surface area is 152 Å². The minimum atomic E-state index is 0. The molecule has 7 nitrogen and oxygen atoms in total. The summed E-state index contributed by atoms with van der Waals surface area (Å²) >= 11 is 0. The van der Waals surface area contributed by atoms with Gasteiger partial charge >= 0.3 is 5.95 Å². The van der Waals surface area contributed by atoms with E-state index < -0.39 is 0 Å². The number of methoxy groups -OCH3 is 3. The third kappa shape index (κ3) is 4.06. The van der Waals surface area contributed by atoms with E-state index >= 15 is 0 Å². The van der Waals surface area contributed by atoms with Crippen molar-refractivity contribution in [3.63, 3.8) is 0 Å². The molecule has 23 heavy (non-hydrogen) atoms. The van der Waals surface area contributed by atoms with Crippen LogP contribution < -0.4 is 54.2 Å². The normalized spacial score (nSPS) is 9.91. The van der Waals surface area contributed by atoms with Crippen LogP contribution in [0.2, 0.25) is 0 Å². The molecule has 1 aromatic carbocycles. The SMILES string of the molecule is COc1cc(Cc2c[n+](C)c(N)nc2N)cc(OC)c1OC.[I-]. The minimum Gasteiger partial charge on any atom is -1.00 e. The number of anilines is 2. The van der Waals surface area contributed by atoms with E-state index in [-0.39, 0.29) is 24.0 Å². The van der Waals surface area contributed by atoms with Gasteiger partial charge in [0.15, 0.2) is 11.5 Å². The Morgan fingerprint density at radius 1 is 1.04 bits per heavy atom. The molecule has 0 aliphatic rings. The van der Waals surface area contributed by atoms with Gasteiger partial charge in [-0.2, -0.15) is 0 Å². The summed E-state index contributed by atoms with van der Waals surface area (Å²) in [6.07, 6.45) is 2.44. The molecule has 0 unspecified atom stereocenters. The Balaban J connectivity index is 0.00000264. The van der Waals surface area contributed by atoms with Gasteiger partial charge in [-0.1, -0.05) is 4.98 Å². The lowest BCUT2D eigenvalue weighted by Crippen LogP contribution is -3.00. The molecule has 0 bridgehead atoms. The maximum Gasteiger partial charge on any atom is 0.391 e. The standard InChI is InChI=1S/C15H20N4O3.HI/c1-19-8-10(14(16)18-15(19)17)5-9-6-11(20-2)13(22-4)12(7-9)21-3;/h6-8H,5H2,1-4H3,(H3,16,17,18);1H. The Kier molecular flexibility index (Phi) is 6.67. The van der Waals surface area contributed by atoms with Gasteiger partial charge in [0.1, 0.15) is 0 Å². The first-order valence-electron chi connectivity index (χ1n) is 6.69. The average Bonchev–Trinajstić information content (AvgIpc) is 2.51. The Morgan fingerprint density at radius 2 is 1.61 bits per heavy atom. The summed E-state index contributed by atoms with van der Waals surface area (Å²) in [6, 6.07) is 3.77. The molecule has 0 atom stereocenters. The van der Waals surface area contributed by atoms with Crippen LogP contribution in [0.4, 0.5) is 11.8 Å². The lowest BCUT2D eigenvalue weighted by Gasteiger charge is -2.14. The molecule has 4 N–H and O–H groups in total. The van der Waals surface area contributed by atoms with E-state index in [1.165, 1.54) is 0 Å². The number of nitrogen functional groups attached to an aromatic ring is 2. The number of nitrogens with zero attached hydrogens (tertiary/aromatic N) is 2. The van der Waals surface area contributed by atoms with Gasteiger partial charge in [-0.25, -0.2) is 4.57 Å². The predicted molar refractivity (Wildman–Crippen MR) is 83.1 cm³/mol. The summed E-state index contributed by atoms with van der Waals surface area (Å²) in [5.74, 6) is 2.53. The molecule has 0 radical (unpaired) electrons. The van der Waals surface area contributed by atoms with Crippen molar-refractivity contribution >= 4 is 11.8 Å². The maximum absolute atomic E-state index is 5.94. The lowest BCUT2D eigenvalue weighted by atomic mass is 10.1. The summed E-state index contributed by atoms with van der Waals surface area (Å²) in [6.45, 7) is 0. The van der Waals surface area contributed by atoms with Crippen molar-refractivity contribution in [1.82, 2.24) is 4.98 Å². The highest BCUT2D eigenvalue weighted by atomic mass is 127. The van der Waals surface area contributed by atoms with E-state index in [4.69, 9.17) is 25.7 Å². The number of ether oxygens (including phenoxy) is 3.